The lowest BCUT2D eigenvalue weighted by atomic mass is 9.88. The topological polar surface area (TPSA) is 9.23 Å². The molecule has 0 aliphatic heterocycles. The average molecular weight is 459 g/mol. The van der Waals surface area contributed by atoms with Crippen LogP contribution in [0.2, 0.25) is 24.7 Å². The van der Waals surface area contributed by atoms with Gasteiger partial charge in [-0.15, -0.1) is 5.54 Å². The van der Waals surface area contributed by atoms with Crippen molar-refractivity contribution in [2.45, 2.75) is 71.3 Å². The summed E-state index contributed by atoms with van der Waals surface area (Å²) >= 11 is 0. The second-order valence-corrected chi connectivity index (χ2v) is 20.0. The van der Waals surface area contributed by atoms with E-state index in [9.17, 15) is 0 Å². The fourth-order valence-electron chi connectivity index (χ4n) is 4.54. The lowest BCUT2D eigenvalue weighted by molar-refractivity contribution is 0.245. The first kappa shape index (κ1) is 24.5. The Kier molecular flexibility index (Phi) is 7.19. The van der Waals surface area contributed by atoms with E-state index in [4.69, 9.17) is 4.43 Å². The van der Waals surface area contributed by atoms with Crippen LogP contribution in [0.15, 0.2) is 84.0 Å². The van der Waals surface area contributed by atoms with Gasteiger partial charge in [-0.05, 0) is 46.3 Å². The third-order valence-electron chi connectivity index (χ3n) is 6.24. The maximum absolute atomic E-state index is 7.43. The summed E-state index contributed by atoms with van der Waals surface area (Å²) in [5.74, 6) is 3.55. The molecule has 0 heterocycles. The molecule has 1 atom stereocenters. The van der Waals surface area contributed by atoms with Crippen LogP contribution in [-0.2, 0) is 4.43 Å². The van der Waals surface area contributed by atoms with Crippen molar-refractivity contribution in [2.24, 2.45) is 0 Å². The zero-order valence-electron chi connectivity index (χ0n) is 20.9. The van der Waals surface area contributed by atoms with Crippen LogP contribution in [0.25, 0.3) is 0 Å². The van der Waals surface area contributed by atoms with Gasteiger partial charge in [0.05, 0.1) is 6.10 Å². The Balaban J connectivity index is 2.20. The van der Waals surface area contributed by atoms with Crippen molar-refractivity contribution in [3.05, 3.63) is 84.0 Å². The minimum Gasteiger partial charge on any atom is -0.397 e. The summed E-state index contributed by atoms with van der Waals surface area (Å²) in [6.07, 6.45) is 1.82. The van der Waals surface area contributed by atoms with Gasteiger partial charge in [0.25, 0.3) is 8.32 Å². The first-order chi connectivity index (χ1) is 15.0. The Labute approximate surface area is 197 Å². The first-order valence-electron chi connectivity index (χ1n) is 11.6. The predicted octanol–water partition coefficient (Wildman–Crippen LogP) is 6.48. The van der Waals surface area contributed by atoms with E-state index >= 15 is 0 Å². The SMILES string of the molecule is C=C1CCC(C#C[Si](C)(C)C)=C(C)[C@H]1O[Si](c1ccccc1)(c1ccccc1)C(C)(C)C. The van der Waals surface area contributed by atoms with Crippen LogP contribution in [0.5, 0.6) is 0 Å². The van der Waals surface area contributed by atoms with E-state index in [2.05, 4.69) is 126 Å². The Hall–Kier alpha value is -2.13. The molecule has 0 aromatic heterocycles. The van der Waals surface area contributed by atoms with Crippen molar-refractivity contribution in [2.75, 3.05) is 0 Å². The second kappa shape index (κ2) is 9.39. The summed E-state index contributed by atoms with van der Waals surface area (Å²) in [4.78, 5) is 0. The third kappa shape index (κ3) is 5.09. The molecule has 0 unspecified atom stereocenters. The van der Waals surface area contributed by atoms with Crippen molar-refractivity contribution in [3.63, 3.8) is 0 Å². The molecule has 0 N–H and O–H groups in total. The van der Waals surface area contributed by atoms with Crippen LogP contribution in [0.3, 0.4) is 0 Å². The van der Waals surface area contributed by atoms with Crippen molar-refractivity contribution < 1.29 is 4.43 Å². The molecule has 1 aliphatic rings. The van der Waals surface area contributed by atoms with Gasteiger partial charge in [-0.2, -0.15) is 0 Å². The van der Waals surface area contributed by atoms with E-state index < -0.39 is 16.4 Å². The predicted molar refractivity (Wildman–Crippen MR) is 145 cm³/mol. The molecule has 0 saturated carbocycles. The van der Waals surface area contributed by atoms with Gasteiger partial charge in [0.1, 0.15) is 8.07 Å². The van der Waals surface area contributed by atoms with Crippen LogP contribution < -0.4 is 10.4 Å². The Bertz CT molecular complexity index is 1000. The summed E-state index contributed by atoms with van der Waals surface area (Å²) < 4.78 is 7.43. The molecule has 0 bridgehead atoms. The van der Waals surface area contributed by atoms with E-state index in [0.717, 1.165) is 12.8 Å². The molecule has 2 aromatic carbocycles. The number of hydrogen-bond donors (Lipinski definition) is 0. The molecule has 0 spiro atoms. The molecule has 3 rings (SSSR count). The van der Waals surface area contributed by atoms with Crippen molar-refractivity contribution in [3.8, 4) is 11.5 Å². The first-order valence-corrected chi connectivity index (χ1v) is 17.1. The summed E-state index contributed by atoms with van der Waals surface area (Å²) in [5.41, 5.74) is 7.25. The Morgan fingerprint density at radius 3 is 1.81 bits per heavy atom. The van der Waals surface area contributed by atoms with Gasteiger partial charge in [-0.25, -0.2) is 0 Å². The van der Waals surface area contributed by atoms with E-state index in [1.807, 2.05) is 0 Å². The maximum Gasteiger partial charge on any atom is 0.262 e. The van der Waals surface area contributed by atoms with Gasteiger partial charge in [0.2, 0.25) is 0 Å². The number of hydrogen-bond acceptors (Lipinski definition) is 1. The molecule has 0 fully saturated rings. The summed E-state index contributed by atoms with van der Waals surface area (Å²) in [7, 11) is -4.09. The highest BCUT2D eigenvalue weighted by atomic mass is 28.4. The van der Waals surface area contributed by atoms with Crippen molar-refractivity contribution >= 4 is 26.8 Å². The molecule has 2 aromatic rings. The molecule has 3 heteroatoms. The fraction of sp³-hybridized carbons (Fsp3) is 0.379. The van der Waals surface area contributed by atoms with Crippen LogP contribution in [0.4, 0.5) is 0 Å². The molecule has 1 aliphatic carbocycles. The summed E-state index contributed by atoms with van der Waals surface area (Å²) in [5, 5.41) is 2.55. The molecule has 0 amide bonds. The average Bonchev–Trinajstić information content (AvgIpc) is 2.73. The standard InChI is InChI=1S/C29H38OSi2/c1-23-19-20-25(21-22-31(6,7)8)24(2)28(23)30-32(29(3,4)5,26-15-11-9-12-16-26)27-17-13-10-14-18-27/h9-18,28H,1,19-20H2,2-8H3/t28-/m0/s1. The monoisotopic (exact) mass is 458 g/mol. The summed E-state index contributed by atoms with van der Waals surface area (Å²) in [6, 6.07) is 21.7. The lowest BCUT2D eigenvalue weighted by Gasteiger charge is -2.46. The number of benzene rings is 2. The number of rotatable bonds is 4. The van der Waals surface area contributed by atoms with Gasteiger partial charge < -0.3 is 4.43 Å². The number of allylic oxidation sites excluding steroid dienone is 1. The van der Waals surface area contributed by atoms with E-state index in [0.29, 0.717) is 0 Å². The smallest absolute Gasteiger partial charge is 0.262 e. The van der Waals surface area contributed by atoms with E-state index in [1.54, 1.807) is 0 Å². The Morgan fingerprint density at radius 2 is 1.38 bits per heavy atom. The normalized spacial score (nSPS) is 17.7. The maximum atomic E-state index is 7.43. The molecule has 168 valence electrons. The molecule has 32 heavy (non-hydrogen) atoms. The third-order valence-corrected chi connectivity index (χ3v) is 12.1. The van der Waals surface area contributed by atoms with Gasteiger partial charge in [-0.3, -0.25) is 0 Å². The highest BCUT2D eigenvalue weighted by Gasteiger charge is 2.52. The van der Waals surface area contributed by atoms with Crippen molar-refractivity contribution in [1.82, 2.24) is 0 Å². The van der Waals surface area contributed by atoms with Crippen molar-refractivity contribution in [1.29, 1.82) is 0 Å². The van der Waals surface area contributed by atoms with E-state index in [1.165, 1.54) is 27.1 Å². The van der Waals surface area contributed by atoms with Gasteiger partial charge in [0, 0.05) is 5.57 Å². The van der Waals surface area contributed by atoms with Crippen LogP contribution in [-0.4, -0.2) is 22.5 Å². The molecular weight excluding hydrogens is 420 g/mol. The zero-order chi connectivity index (χ0) is 23.6. The van der Waals surface area contributed by atoms with Gasteiger partial charge >= 0.3 is 0 Å². The zero-order valence-corrected chi connectivity index (χ0v) is 22.9. The lowest BCUT2D eigenvalue weighted by Crippen LogP contribution is -2.68. The molecule has 0 saturated heterocycles. The highest BCUT2D eigenvalue weighted by Crippen LogP contribution is 2.41. The largest absolute Gasteiger partial charge is 0.397 e. The highest BCUT2D eigenvalue weighted by molar-refractivity contribution is 6.99. The van der Waals surface area contributed by atoms with Crippen LogP contribution in [0.1, 0.15) is 40.5 Å². The Morgan fingerprint density at radius 1 is 0.875 bits per heavy atom. The van der Waals surface area contributed by atoms with Gasteiger partial charge in [-0.1, -0.05) is 114 Å². The minimum absolute atomic E-state index is 0.0577. The molecular formula is C29H38OSi2. The van der Waals surface area contributed by atoms with Crippen LogP contribution in [0, 0.1) is 11.5 Å². The van der Waals surface area contributed by atoms with Crippen LogP contribution >= 0.6 is 0 Å². The minimum atomic E-state index is -2.64. The molecule has 1 nitrogen and oxygen atoms in total. The van der Waals surface area contributed by atoms with E-state index in [-0.39, 0.29) is 11.1 Å². The van der Waals surface area contributed by atoms with Gasteiger partial charge in [0.15, 0.2) is 0 Å². The molecule has 0 radical (unpaired) electrons. The quantitative estimate of drug-likeness (QED) is 0.289. The fourth-order valence-corrected chi connectivity index (χ4v) is 9.78. The summed E-state index contributed by atoms with van der Waals surface area (Å²) in [6.45, 7) is 20.6. The second-order valence-electron chi connectivity index (χ2n) is 11.0.